The number of hydrogen-bond donors (Lipinski definition) is 0. The molecule has 0 bridgehead atoms. The summed E-state index contributed by atoms with van der Waals surface area (Å²) in [6.07, 6.45) is 2.81. The van der Waals surface area contributed by atoms with Crippen molar-refractivity contribution < 1.29 is 0 Å². The molecule has 1 rings (SSSR count). The normalized spacial score (nSPS) is 34.6. The highest BCUT2D eigenvalue weighted by atomic mass is 15.2. The minimum absolute atomic E-state index is 0.729. The van der Waals surface area contributed by atoms with Crippen molar-refractivity contribution in [3.8, 4) is 0 Å². The van der Waals surface area contributed by atoms with E-state index in [9.17, 15) is 0 Å². The van der Waals surface area contributed by atoms with Crippen LogP contribution in [0.15, 0.2) is 0 Å². The lowest BCUT2D eigenvalue weighted by Crippen LogP contribution is -2.46. The summed E-state index contributed by atoms with van der Waals surface area (Å²) in [5, 5.41) is 0. The van der Waals surface area contributed by atoms with E-state index >= 15 is 0 Å². The number of rotatable bonds is 1. The van der Waals surface area contributed by atoms with E-state index < -0.39 is 0 Å². The third kappa shape index (κ3) is 1.96. The summed E-state index contributed by atoms with van der Waals surface area (Å²) in [7, 11) is 0. The molecule has 0 saturated carbocycles. The maximum Gasteiger partial charge on any atom is 0.00952 e. The molecular weight excluding hydrogens is 134 g/mol. The van der Waals surface area contributed by atoms with Crippen LogP contribution in [0.5, 0.6) is 0 Å². The van der Waals surface area contributed by atoms with Gasteiger partial charge in [0.2, 0.25) is 0 Å². The molecular formula is C10H21N. The van der Waals surface area contributed by atoms with Gasteiger partial charge in [-0.25, -0.2) is 0 Å². The number of nitrogens with zero attached hydrogens (tertiary/aromatic N) is 1. The van der Waals surface area contributed by atoms with Crippen molar-refractivity contribution in [3.63, 3.8) is 0 Å². The molecule has 0 radical (unpaired) electrons. The fraction of sp³-hybridized carbons (Fsp3) is 1.00. The van der Waals surface area contributed by atoms with Gasteiger partial charge in [-0.2, -0.15) is 0 Å². The summed E-state index contributed by atoms with van der Waals surface area (Å²) in [5.41, 5.74) is 0. The van der Waals surface area contributed by atoms with Crippen LogP contribution in [-0.4, -0.2) is 23.5 Å². The first-order chi connectivity index (χ1) is 5.13. The molecule has 1 heterocycles. The highest BCUT2D eigenvalue weighted by Gasteiger charge is 2.25. The molecule has 2 atom stereocenters. The molecule has 1 saturated heterocycles. The number of likely N-dealkylation sites (tertiary alicyclic amines) is 1. The number of hydrogen-bond acceptors (Lipinski definition) is 1. The first-order valence-corrected chi connectivity index (χ1v) is 4.88. The summed E-state index contributed by atoms with van der Waals surface area (Å²) in [6.45, 7) is 10.6. The predicted molar refractivity (Wildman–Crippen MR) is 49.7 cm³/mol. The average molecular weight is 155 g/mol. The second kappa shape index (κ2) is 3.57. The predicted octanol–water partition coefficient (Wildman–Crippen LogP) is 2.52. The van der Waals surface area contributed by atoms with Gasteiger partial charge in [-0.05, 0) is 46.1 Å². The Labute approximate surface area is 70.8 Å². The quantitative estimate of drug-likeness (QED) is 0.562. The van der Waals surface area contributed by atoms with E-state index in [1.165, 1.54) is 19.4 Å². The maximum atomic E-state index is 2.62. The zero-order valence-electron chi connectivity index (χ0n) is 8.30. The maximum absolute atomic E-state index is 2.62. The first kappa shape index (κ1) is 9.05. The third-order valence-corrected chi connectivity index (χ3v) is 3.09. The summed E-state index contributed by atoms with van der Waals surface area (Å²) in [4.78, 5) is 2.62. The van der Waals surface area contributed by atoms with Crippen molar-refractivity contribution in [2.75, 3.05) is 6.54 Å². The molecule has 1 aliphatic heterocycles. The van der Waals surface area contributed by atoms with Gasteiger partial charge in [-0.15, -0.1) is 0 Å². The molecule has 0 aromatic heterocycles. The molecule has 0 aliphatic carbocycles. The van der Waals surface area contributed by atoms with Crippen molar-refractivity contribution in [2.45, 2.75) is 52.6 Å². The van der Waals surface area contributed by atoms with Crippen LogP contribution >= 0.6 is 0 Å². The Bertz CT molecular complexity index is 120. The van der Waals surface area contributed by atoms with Gasteiger partial charge < -0.3 is 0 Å². The Morgan fingerprint density at radius 3 is 2.36 bits per heavy atom. The molecule has 1 heteroatoms. The lowest BCUT2D eigenvalue weighted by molar-refractivity contribution is 0.0830. The minimum atomic E-state index is 0.729. The minimum Gasteiger partial charge on any atom is -0.298 e. The van der Waals surface area contributed by atoms with Crippen molar-refractivity contribution in [1.29, 1.82) is 0 Å². The molecule has 1 fully saturated rings. The fourth-order valence-electron chi connectivity index (χ4n) is 2.10. The van der Waals surface area contributed by atoms with Crippen molar-refractivity contribution >= 4 is 0 Å². The Hall–Kier alpha value is -0.0400. The first-order valence-electron chi connectivity index (χ1n) is 4.88. The van der Waals surface area contributed by atoms with Gasteiger partial charge in [0.05, 0.1) is 0 Å². The van der Waals surface area contributed by atoms with Crippen LogP contribution < -0.4 is 0 Å². The fourth-order valence-corrected chi connectivity index (χ4v) is 2.10. The lowest BCUT2D eigenvalue weighted by Gasteiger charge is -2.40. The van der Waals surface area contributed by atoms with Gasteiger partial charge in [0.1, 0.15) is 0 Å². The molecule has 0 spiro atoms. The van der Waals surface area contributed by atoms with E-state index in [0.29, 0.717) is 0 Å². The second-order valence-electron chi connectivity index (χ2n) is 4.19. The van der Waals surface area contributed by atoms with Crippen molar-refractivity contribution in [1.82, 2.24) is 4.90 Å². The molecule has 66 valence electrons. The van der Waals surface area contributed by atoms with Crippen LogP contribution in [0.3, 0.4) is 0 Å². The smallest absolute Gasteiger partial charge is 0.00952 e. The Morgan fingerprint density at radius 1 is 1.27 bits per heavy atom. The zero-order chi connectivity index (χ0) is 8.43. The van der Waals surface area contributed by atoms with E-state index in [0.717, 1.165) is 18.0 Å². The molecule has 11 heavy (non-hydrogen) atoms. The topological polar surface area (TPSA) is 3.24 Å². The highest BCUT2D eigenvalue weighted by Crippen LogP contribution is 2.24. The molecule has 0 aromatic carbocycles. The molecule has 2 unspecified atom stereocenters. The largest absolute Gasteiger partial charge is 0.298 e. The van der Waals surface area contributed by atoms with E-state index in [4.69, 9.17) is 0 Å². The zero-order valence-corrected chi connectivity index (χ0v) is 8.30. The lowest BCUT2D eigenvalue weighted by atomic mass is 9.91. The summed E-state index contributed by atoms with van der Waals surface area (Å²) < 4.78 is 0. The standard InChI is InChI=1S/C10H21N/c1-8(2)11-7-5-6-9(3)10(11)4/h8-10H,5-7H2,1-4H3. The van der Waals surface area contributed by atoms with Crippen LogP contribution in [0, 0.1) is 5.92 Å². The van der Waals surface area contributed by atoms with E-state index in [1.54, 1.807) is 0 Å². The van der Waals surface area contributed by atoms with Crippen LogP contribution in [0.4, 0.5) is 0 Å². The van der Waals surface area contributed by atoms with Crippen LogP contribution in [0.2, 0.25) is 0 Å². The van der Waals surface area contributed by atoms with Crippen molar-refractivity contribution in [3.05, 3.63) is 0 Å². The second-order valence-corrected chi connectivity index (χ2v) is 4.19. The summed E-state index contributed by atoms with van der Waals surface area (Å²) in [5.74, 6) is 0.895. The monoisotopic (exact) mass is 155 g/mol. The number of piperidine rings is 1. The van der Waals surface area contributed by atoms with Gasteiger partial charge >= 0.3 is 0 Å². The Balaban J connectivity index is 2.51. The van der Waals surface area contributed by atoms with Crippen LogP contribution in [0.1, 0.15) is 40.5 Å². The highest BCUT2D eigenvalue weighted by molar-refractivity contribution is 4.80. The van der Waals surface area contributed by atoms with E-state index in [1.807, 2.05) is 0 Å². The van der Waals surface area contributed by atoms with Crippen LogP contribution in [-0.2, 0) is 0 Å². The van der Waals surface area contributed by atoms with E-state index in [-0.39, 0.29) is 0 Å². The Morgan fingerprint density at radius 2 is 1.91 bits per heavy atom. The Kier molecular flexibility index (Phi) is 2.94. The molecule has 0 N–H and O–H groups in total. The van der Waals surface area contributed by atoms with Gasteiger partial charge in [0, 0.05) is 12.1 Å². The van der Waals surface area contributed by atoms with Gasteiger partial charge in [-0.1, -0.05) is 6.92 Å². The third-order valence-electron chi connectivity index (χ3n) is 3.09. The van der Waals surface area contributed by atoms with Gasteiger partial charge in [-0.3, -0.25) is 4.90 Å². The molecule has 0 amide bonds. The van der Waals surface area contributed by atoms with Gasteiger partial charge in [0.15, 0.2) is 0 Å². The van der Waals surface area contributed by atoms with Crippen molar-refractivity contribution in [2.24, 2.45) is 5.92 Å². The van der Waals surface area contributed by atoms with Gasteiger partial charge in [0.25, 0.3) is 0 Å². The molecule has 1 aliphatic rings. The van der Waals surface area contributed by atoms with E-state index in [2.05, 4.69) is 32.6 Å². The summed E-state index contributed by atoms with van der Waals surface area (Å²) >= 11 is 0. The molecule has 1 nitrogen and oxygen atoms in total. The van der Waals surface area contributed by atoms with Crippen LogP contribution in [0.25, 0.3) is 0 Å². The molecule has 0 aromatic rings. The SMILES string of the molecule is CC1CCCN(C(C)C)C1C. The summed E-state index contributed by atoms with van der Waals surface area (Å²) in [6, 6.07) is 1.52. The average Bonchev–Trinajstić information content (AvgIpc) is 1.94.